The van der Waals surface area contributed by atoms with Crippen LogP contribution in [0.1, 0.15) is 33.1 Å². The number of aliphatic carboxylic acids is 1. The number of rotatable bonds is 9. The first-order valence-corrected chi connectivity index (χ1v) is 6.10. The van der Waals surface area contributed by atoms with Gasteiger partial charge in [0.2, 0.25) is 5.54 Å². The van der Waals surface area contributed by atoms with Crippen LogP contribution in [0, 0.1) is 12.5 Å². The molecule has 0 aromatic rings. The number of esters is 1. The number of carboxylic acid groups (broad SMARTS) is 1. The first-order valence-electron chi connectivity index (χ1n) is 6.10. The van der Waals surface area contributed by atoms with Gasteiger partial charge in [-0.15, -0.1) is 0 Å². The Hall–Kier alpha value is -1.61. The van der Waals surface area contributed by atoms with Crippen molar-refractivity contribution in [3.63, 3.8) is 0 Å². The third-order valence-corrected chi connectivity index (χ3v) is 2.83. The fourth-order valence-electron chi connectivity index (χ4n) is 1.69. The van der Waals surface area contributed by atoms with Crippen molar-refractivity contribution in [2.24, 2.45) is 5.92 Å². The fraction of sp³-hybridized carbons (Fsp3) is 0.769. The SMILES string of the molecule is [C-]#[N+]C(C)(CCC(=O)O)C[C@H](C)C(=O)OCCOC. The van der Waals surface area contributed by atoms with Crippen LogP contribution in [0.5, 0.6) is 0 Å². The van der Waals surface area contributed by atoms with Gasteiger partial charge in [-0.3, -0.25) is 9.59 Å². The molecule has 0 aliphatic rings. The summed E-state index contributed by atoms with van der Waals surface area (Å²) in [5.74, 6) is -1.77. The molecule has 0 radical (unpaired) electrons. The van der Waals surface area contributed by atoms with E-state index in [0.717, 1.165) is 0 Å². The van der Waals surface area contributed by atoms with Crippen LogP contribution in [0.25, 0.3) is 4.85 Å². The van der Waals surface area contributed by atoms with Gasteiger partial charge in [0, 0.05) is 26.9 Å². The largest absolute Gasteiger partial charge is 0.481 e. The normalized spacial score (nSPS) is 15.1. The van der Waals surface area contributed by atoms with E-state index in [1.54, 1.807) is 13.8 Å². The summed E-state index contributed by atoms with van der Waals surface area (Å²) in [6.07, 6.45) is 0.432. The molecule has 0 aromatic heterocycles. The maximum absolute atomic E-state index is 11.7. The molecule has 1 N–H and O–H groups in total. The predicted octanol–water partition coefficient (Wildman–Crippen LogP) is 1.74. The maximum Gasteiger partial charge on any atom is 0.309 e. The number of hydrogen-bond donors (Lipinski definition) is 1. The molecule has 19 heavy (non-hydrogen) atoms. The number of carboxylic acids is 1. The molecular weight excluding hydrogens is 250 g/mol. The van der Waals surface area contributed by atoms with E-state index in [2.05, 4.69) is 4.85 Å². The van der Waals surface area contributed by atoms with Gasteiger partial charge in [0.25, 0.3) is 0 Å². The van der Waals surface area contributed by atoms with Crippen LogP contribution < -0.4 is 0 Å². The lowest BCUT2D eigenvalue weighted by molar-refractivity contribution is -0.149. The Morgan fingerprint density at radius 2 is 2.05 bits per heavy atom. The minimum Gasteiger partial charge on any atom is -0.481 e. The molecule has 108 valence electrons. The Morgan fingerprint density at radius 1 is 1.42 bits per heavy atom. The zero-order valence-electron chi connectivity index (χ0n) is 11.6. The molecule has 1 unspecified atom stereocenters. The number of carbonyl (C=O) groups is 2. The molecule has 0 aromatic carbocycles. The molecule has 0 heterocycles. The molecule has 0 aliphatic carbocycles. The Morgan fingerprint density at radius 3 is 2.53 bits per heavy atom. The summed E-state index contributed by atoms with van der Waals surface area (Å²) in [4.78, 5) is 25.7. The van der Waals surface area contributed by atoms with E-state index in [9.17, 15) is 9.59 Å². The minimum absolute atomic E-state index is 0.0790. The van der Waals surface area contributed by atoms with Crippen molar-refractivity contribution in [1.82, 2.24) is 0 Å². The number of hydrogen-bond acceptors (Lipinski definition) is 4. The summed E-state index contributed by atoms with van der Waals surface area (Å²) in [5.41, 5.74) is -0.849. The average molecular weight is 271 g/mol. The highest BCUT2D eigenvalue weighted by Gasteiger charge is 2.35. The number of methoxy groups -OCH3 is 1. The summed E-state index contributed by atoms with van der Waals surface area (Å²) < 4.78 is 9.75. The summed E-state index contributed by atoms with van der Waals surface area (Å²) in [6, 6.07) is 0. The molecule has 0 fully saturated rings. The number of carbonyl (C=O) groups excluding carboxylic acids is 1. The molecule has 0 rings (SSSR count). The standard InChI is InChI=1S/C13H21NO5/c1-10(12(17)19-8-7-18-4)9-13(2,14-3)6-5-11(15)16/h10H,5-9H2,1-2,4H3,(H,15,16)/t10-,13?/m0/s1. The van der Waals surface area contributed by atoms with Gasteiger partial charge >= 0.3 is 11.9 Å². The molecule has 0 saturated carbocycles. The van der Waals surface area contributed by atoms with Crippen molar-refractivity contribution < 1.29 is 24.2 Å². The van der Waals surface area contributed by atoms with Gasteiger partial charge in [0.1, 0.15) is 6.61 Å². The topological polar surface area (TPSA) is 77.2 Å². The minimum atomic E-state index is -0.940. The molecule has 6 nitrogen and oxygen atoms in total. The van der Waals surface area contributed by atoms with Gasteiger partial charge in [-0.25, -0.2) is 6.57 Å². The first kappa shape index (κ1) is 17.4. The van der Waals surface area contributed by atoms with Crippen LogP contribution in [0.3, 0.4) is 0 Å². The van der Waals surface area contributed by atoms with Gasteiger partial charge in [-0.05, 0) is 0 Å². The second-order valence-corrected chi connectivity index (χ2v) is 4.77. The third kappa shape index (κ3) is 7.42. The van der Waals surface area contributed by atoms with Crippen molar-refractivity contribution in [3.05, 3.63) is 11.4 Å². The zero-order chi connectivity index (χ0) is 14.9. The summed E-state index contributed by atoms with van der Waals surface area (Å²) in [5, 5.41) is 8.65. The van der Waals surface area contributed by atoms with Crippen LogP contribution >= 0.6 is 0 Å². The number of nitrogens with zero attached hydrogens (tertiary/aromatic N) is 1. The molecule has 0 spiro atoms. The van der Waals surface area contributed by atoms with Crippen LogP contribution in [-0.4, -0.2) is 42.9 Å². The number of ether oxygens (including phenoxy) is 2. The molecule has 2 atom stereocenters. The van der Waals surface area contributed by atoms with Gasteiger partial charge in [0.15, 0.2) is 0 Å². The highest BCUT2D eigenvalue weighted by atomic mass is 16.6. The van der Waals surface area contributed by atoms with Crippen LogP contribution in [0.15, 0.2) is 0 Å². The van der Waals surface area contributed by atoms with E-state index in [1.165, 1.54) is 7.11 Å². The Labute approximate surface area is 113 Å². The molecule has 0 aliphatic heterocycles. The Bertz CT molecular complexity index is 349. The molecule has 0 bridgehead atoms. The Kier molecular flexibility index (Phi) is 7.77. The maximum atomic E-state index is 11.7. The predicted molar refractivity (Wildman–Crippen MR) is 68.5 cm³/mol. The van der Waals surface area contributed by atoms with E-state index in [-0.39, 0.29) is 31.8 Å². The van der Waals surface area contributed by atoms with E-state index in [0.29, 0.717) is 6.61 Å². The van der Waals surface area contributed by atoms with Crippen LogP contribution in [0.4, 0.5) is 0 Å². The smallest absolute Gasteiger partial charge is 0.309 e. The van der Waals surface area contributed by atoms with Gasteiger partial charge < -0.3 is 19.4 Å². The second kappa shape index (κ2) is 8.48. The first-order chi connectivity index (χ1) is 8.84. The Balaban J connectivity index is 4.32. The van der Waals surface area contributed by atoms with Gasteiger partial charge in [-0.1, -0.05) is 6.92 Å². The van der Waals surface area contributed by atoms with E-state index in [4.69, 9.17) is 21.2 Å². The highest BCUT2D eigenvalue weighted by Crippen LogP contribution is 2.27. The molecular formula is C13H21NO5. The average Bonchev–Trinajstić information content (AvgIpc) is 2.36. The van der Waals surface area contributed by atoms with Crippen molar-refractivity contribution >= 4 is 11.9 Å². The molecule has 0 amide bonds. The lowest BCUT2D eigenvalue weighted by Crippen LogP contribution is -2.29. The van der Waals surface area contributed by atoms with Gasteiger partial charge in [0.05, 0.1) is 18.9 Å². The van der Waals surface area contributed by atoms with E-state index in [1.807, 2.05) is 0 Å². The summed E-state index contributed by atoms with van der Waals surface area (Å²) >= 11 is 0. The fourth-order valence-corrected chi connectivity index (χ4v) is 1.69. The summed E-state index contributed by atoms with van der Waals surface area (Å²) in [6.45, 7) is 11.0. The van der Waals surface area contributed by atoms with Crippen LogP contribution in [0.2, 0.25) is 0 Å². The lowest BCUT2D eigenvalue weighted by atomic mass is 9.86. The second-order valence-electron chi connectivity index (χ2n) is 4.77. The van der Waals surface area contributed by atoms with Crippen molar-refractivity contribution in [3.8, 4) is 0 Å². The van der Waals surface area contributed by atoms with Crippen molar-refractivity contribution in [2.75, 3.05) is 20.3 Å². The van der Waals surface area contributed by atoms with E-state index >= 15 is 0 Å². The molecule has 6 heteroatoms. The van der Waals surface area contributed by atoms with Gasteiger partial charge in [-0.2, -0.15) is 0 Å². The van der Waals surface area contributed by atoms with Crippen LogP contribution in [-0.2, 0) is 19.1 Å². The zero-order valence-corrected chi connectivity index (χ0v) is 11.6. The quantitative estimate of drug-likeness (QED) is 0.392. The van der Waals surface area contributed by atoms with Crippen molar-refractivity contribution in [1.29, 1.82) is 0 Å². The lowest BCUT2D eigenvalue weighted by Gasteiger charge is -2.19. The highest BCUT2D eigenvalue weighted by molar-refractivity contribution is 5.72. The van der Waals surface area contributed by atoms with E-state index < -0.39 is 17.4 Å². The monoisotopic (exact) mass is 271 g/mol. The summed E-state index contributed by atoms with van der Waals surface area (Å²) in [7, 11) is 1.51. The van der Waals surface area contributed by atoms with Crippen molar-refractivity contribution in [2.45, 2.75) is 38.6 Å². The molecule has 0 saturated heterocycles. The third-order valence-electron chi connectivity index (χ3n) is 2.83.